The highest BCUT2D eigenvalue weighted by Crippen LogP contribution is 2.49. The second-order valence-electron chi connectivity index (χ2n) is 9.73. The Morgan fingerprint density at radius 1 is 0.897 bits per heavy atom. The van der Waals surface area contributed by atoms with Gasteiger partial charge in [0.05, 0.1) is 10.7 Å². The maximum Gasteiger partial charge on any atom is 0.168 e. The van der Waals surface area contributed by atoms with Gasteiger partial charge in [-0.25, -0.2) is 4.98 Å². The molecule has 0 aliphatic heterocycles. The maximum atomic E-state index is 6.71. The van der Waals surface area contributed by atoms with Crippen molar-refractivity contribution >= 4 is 62.1 Å². The molecule has 0 amide bonds. The minimum absolute atomic E-state index is 0.149. The molecular formula is C30H24BrCl3N4S. The Labute approximate surface area is 255 Å². The first kappa shape index (κ1) is 27.0. The van der Waals surface area contributed by atoms with Gasteiger partial charge in [-0.1, -0.05) is 94.0 Å². The SMILES string of the molecule is CCc1c(-c2nnc(C3(c4ccc(Cl)cc4)CCCC3)s2)nc(-c2ccc(Cl)cc2Cl)n1-c1ccc(Br)cc1. The molecule has 1 aliphatic carbocycles. The van der Waals surface area contributed by atoms with Crippen molar-refractivity contribution in [3.63, 3.8) is 0 Å². The predicted molar refractivity (Wildman–Crippen MR) is 166 cm³/mol. The van der Waals surface area contributed by atoms with E-state index in [1.807, 2.05) is 36.4 Å². The van der Waals surface area contributed by atoms with Crippen LogP contribution in [0.15, 0.2) is 71.2 Å². The van der Waals surface area contributed by atoms with Crippen molar-refractivity contribution in [3.8, 4) is 27.8 Å². The average Bonchev–Trinajstić information content (AvgIpc) is 3.68. The van der Waals surface area contributed by atoms with Crippen molar-refractivity contribution in [1.82, 2.24) is 19.7 Å². The molecule has 1 aliphatic rings. The highest BCUT2D eigenvalue weighted by Gasteiger charge is 2.41. The van der Waals surface area contributed by atoms with Crippen LogP contribution in [0.2, 0.25) is 15.1 Å². The Bertz CT molecular complexity index is 1640. The molecule has 0 radical (unpaired) electrons. The quantitative estimate of drug-likeness (QED) is 0.182. The van der Waals surface area contributed by atoms with Gasteiger partial charge in [-0.05, 0) is 79.4 Å². The smallest absolute Gasteiger partial charge is 0.168 e. The summed E-state index contributed by atoms with van der Waals surface area (Å²) < 4.78 is 3.18. The maximum absolute atomic E-state index is 6.71. The summed E-state index contributed by atoms with van der Waals surface area (Å²) in [6.45, 7) is 2.14. The number of aromatic nitrogens is 4. The molecule has 0 atom stereocenters. The van der Waals surface area contributed by atoms with Gasteiger partial charge in [0.15, 0.2) is 5.01 Å². The number of benzene rings is 3. The van der Waals surface area contributed by atoms with E-state index in [-0.39, 0.29) is 5.41 Å². The van der Waals surface area contributed by atoms with Crippen LogP contribution in [0.25, 0.3) is 27.8 Å². The lowest BCUT2D eigenvalue weighted by molar-refractivity contribution is 0.526. The van der Waals surface area contributed by atoms with Crippen LogP contribution in [0.3, 0.4) is 0 Å². The third-order valence-corrected chi connectivity index (χ3v) is 9.92. The Kier molecular flexibility index (Phi) is 7.60. The monoisotopic (exact) mass is 656 g/mol. The normalized spacial score (nSPS) is 14.7. The Balaban J connectivity index is 1.52. The predicted octanol–water partition coefficient (Wildman–Crippen LogP) is 10.2. The van der Waals surface area contributed by atoms with Crippen LogP contribution < -0.4 is 0 Å². The summed E-state index contributed by atoms with van der Waals surface area (Å²) in [4.78, 5) is 5.17. The highest BCUT2D eigenvalue weighted by atomic mass is 79.9. The third-order valence-electron chi connectivity index (χ3n) is 7.46. The Morgan fingerprint density at radius 2 is 1.59 bits per heavy atom. The molecular weight excluding hydrogens is 635 g/mol. The van der Waals surface area contributed by atoms with Gasteiger partial charge >= 0.3 is 0 Å². The summed E-state index contributed by atoms with van der Waals surface area (Å²) in [5.74, 6) is 0.746. The number of hydrogen-bond acceptors (Lipinski definition) is 4. The van der Waals surface area contributed by atoms with Gasteiger partial charge < -0.3 is 0 Å². The minimum Gasteiger partial charge on any atom is -0.296 e. The van der Waals surface area contributed by atoms with Gasteiger partial charge in [0, 0.05) is 31.2 Å². The summed E-state index contributed by atoms with van der Waals surface area (Å²) in [6, 6.07) is 21.9. The molecule has 0 spiro atoms. The van der Waals surface area contributed by atoms with Crippen LogP contribution in [0.4, 0.5) is 0 Å². The summed E-state index contributed by atoms with van der Waals surface area (Å²) >= 11 is 24.4. The van der Waals surface area contributed by atoms with Crippen LogP contribution in [-0.2, 0) is 11.8 Å². The van der Waals surface area contributed by atoms with Crippen molar-refractivity contribution < 1.29 is 0 Å². The zero-order valence-corrected chi connectivity index (χ0v) is 25.8. The number of imidazole rings is 1. The van der Waals surface area contributed by atoms with Crippen LogP contribution >= 0.6 is 62.1 Å². The lowest BCUT2D eigenvalue weighted by atomic mass is 9.79. The van der Waals surface area contributed by atoms with Crippen LogP contribution in [0.1, 0.15) is 48.9 Å². The van der Waals surface area contributed by atoms with E-state index in [1.165, 1.54) is 5.56 Å². The molecule has 0 bridgehead atoms. The van der Waals surface area contributed by atoms with E-state index in [0.717, 1.165) is 80.1 Å². The van der Waals surface area contributed by atoms with Crippen molar-refractivity contribution in [3.05, 3.63) is 103 Å². The zero-order valence-electron chi connectivity index (χ0n) is 21.1. The summed E-state index contributed by atoms with van der Waals surface area (Å²) in [6.07, 6.45) is 5.16. The lowest BCUT2D eigenvalue weighted by Crippen LogP contribution is -2.23. The molecule has 0 N–H and O–H groups in total. The second-order valence-corrected chi connectivity index (χ2v) is 12.9. The number of hydrogen-bond donors (Lipinski definition) is 0. The molecule has 0 saturated heterocycles. The van der Waals surface area contributed by atoms with E-state index in [4.69, 9.17) is 50.0 Å². The van der Waals surface area contributed by atoms with Crippen LogP contribution in [0.5, 0.6) is 0 Å². The van der Waals surface area contributed by atoms with Crippen LogP contribution in [0, 0.1) is 0 Å². The Morgan fingerprint density at radius 3 is 2.26 bits per heavy atom. The van der Waals surface area contributed by atoms with Crippen molar-refractivity contribution in [1.29, 1.82) is 0 Å². The topological polar surface area (TPSA) is 43.6 Å². The first-order chi connectivity index (χ1) is 18.9. The molecule has 0 unspecified atom stereocenters. The van der Waals surface area contributed by atoms with E-state index in [2.05, 4.69) is 51.7 Å². The first-order valence-corrected chi connectivity index (χ1v) is 15.6. The number of halogens is 4. The van der Waals surface area contributed by atoms with E-state index in [1.54, 1.807) is 17.4 Å². The summed E-state index contributed by atoms with van der Waals surface area (Å²) in [7, 11) is 0. The molecule has 3 aromatic carbocycles. The van der Waals surface area contributed by atoms with E-state index in [9.17, 15) is 0 Å². The average molecular weight is 659 g/mol. The molecule has 6 rings (SSSR count). The first-order valence-electron chi connectivity index (χ1n) is 12.8. The molecule has 198 valence electrons. The summed E-state index contributed by atoms with van der Waals surface area (Å²) in [5, 5.41) is 13.2. The molecule has 2 aromatic heterocycles. The van der Waals surface area contributed by atoms with Gasteiger partial charge in [0.2, 0.25) is 0 Å². The Hall–Kier alpha value is -2.22. The fourth-order valence-electron chi connectivity index (χ4n) is 5.56. The van der Waals surface area contributed by atoms with Crippen LogP contribution in [-0.4, -0.2) is 19.7 Å². The molecule has 1 saturated carbocycles. The molecule has 4 nitrogen and oxygen atoms in total. The molecule has 39 heavy (non-hydrogen) atoms. The zero-order chi connectivity index (χ0) is 27.1. The highest BCUT2D eigenvalue weighted by molar-refractivity contribution is 9.10. The third kappa shape index (κ3) is 4.95. The van der Waals surface area contributed by atoms with Gasteiger partial charge in [0.25, 0.3) is 0 Å². The minimum atomic E-state index is -0.149. The molecule has 9 heteroatoms. The second kappa shape index (κ2) is 11.0. The molecule has 1 fully saturated rings. The van der Waals surface area contributed by atoms with Gasteiger partial charge in [-0.3, -0.25) is 4.57 Å². The molecule has 5 aromatic rings. The van der Waals surface area contributed by atoms with E-state index in [0.29, 0.717) is 10.0 Å². The fourth-order valence-corrected chi connectivity index (χ4v) is 7.56. The number of nitrogens with zero attached hydrogens (tertiary/aromatic N) is 4. The molecule has 2 heterocycles. The van der Waals surface area contributed by atoms with Crippen molar-refractivity contribution in [2.45, 2.75) is 44.4 Å². The standard InChI is InChI=1S/C30H24BrCl3N4S/c1-2-25-26(28-36-37-29(39-28)30(15-3-4-16-30)18-5-9-20(32)10-6-18)35-27(23-14-11-21(33)17-24(23)34)38(25)22-12-7-19(31)8-13-22/h5-14,17H,2-4,15-16H2,1H3. The largest absolute Gasteiger partial charge is 0.296 e. The van der Waals surface area contributed by atoms with Crippen molar-refractivity contribution in [2.75, 3.05) is 0 Å². The number of rotatable bonds is 6. The van der Waals surface area contributed by atoms with E-state index >= 15 is 0 Å². The summed E-state index contributed by atoms with van der Waals surface area (Å²) in [5.41, 5.74) is 4.78. The van der Waals surface area contributed by atoms with E-state index < -0.39 is 0 Å². The lowest BCUT2D eigenvalue weighted by Gasteiger charge is -2.26. The van der Waals surface area contributed by atoms with Gasteiger partial charge in [-0.2, -0.15) is 0 Å². The fraction of sp³-hybridized carbons (Fsp3) is 0.233. The van der Waals surface area contributed by atoms with Crippen molar-refractivity contribution in [2.24, 2.45) is 0 Å². The van der Waals surface area contributed by atoms with Gasteiger partial charge in [0.1, 0.15) is 16.5 Å². The van der Waals surface area contributed by atoms with Gasteiger partial charge in [-0.15, -0.1) is 10.2 Å².